The van der Waals surface area contributed by atoms with Gasteiger partial charge in [0.05, 0.1) is 6.10 Å². The predicted molar refractivity (Wildman–Crippen MR) is 87.3 cm³/mol. The van der Waals surface area contributed by atoms with Gasteiger partial charge in [0, 0.05) is 13.2 Å². The maximum atomic E-state index is 5.76. The van der Waals surface area contributed by atoms with E-state index in [1.165, 1.54) is 16.7 Å². The highest BCUT2D eigenvalue weighted by Gasteiger charge is 2.25. The van der Waals surface area contributed by atoms with Crippen molar-refractivity contribution in [1.82, 2.24) is 5.32 Å². The summed E-state index contributed by atoms with van der Waals surface area (Å²) in [4.78, 5) is 0. The highest BCUT2D eigenvalue weighted by Crippen LogP contribution is 2.20. The van der Waals surface area contributed by atoms with E-state index >= 15 is 0 Å². The smallest absolute Gasteiger partial charge is 0.0750 e. The number of benzene rings is 1. The van der Waals surface area contributed by atoms with Crippen LogP contribution in [0.1, 0.15) is 43.9 Å². The largest absolute Gasteiger partial charge is 0.380 e. The zero-order chi connectivity index (χ0) is 15.1. The van der Waals surface area contributed by atoms with Gasteiger partial charge >= 0.3 is 0 Å². The van der Waals surface area contributed by atoms with E-state index in [1.54, 1.807) is 0 Å². The van der Waals surface area contributed by atoms with Crippen LogP contribution in [0.25, 0.3) is 0 Å². The van der Waals surface area contributed by atoms with Gasteiger partial charge in [0.1, 0.15) is 0 Å². The quantitative estimate of drug-likeness (QED) is 0.778. The van der Waals surface area contributed by atoms with Crippen molar-refractivity contribution in [2.45, 2.75) is 59.6 Å². The molecule has 0 aliphatic rings. The number of rotatable bonds is 8. The van der Waals surface area contributed by atoms with Crippen molar-refractivity contribution in [3.8, 4) is 0 Å². The molecule has 0 amide bonds. The molecule has 20 heavy (non-hydrogen) atoms. The second-order valence-electron chi connectivity index (χ2n) is 6.08. The minimum atomic E-state index is 0.251. The molecule has 0 fully saturated rings. The van der Waals surface area contributed by atoms with Crippen LogP contribution in [0.2, 0.25) is 0 Å². The first-order valence-corrected chi connectivity index (χ1v) is 7.82. The normalized spacial score (nSPS) is 14.6. The van der Waals surface area contributed by atoms with Crippen molar-refractivity contribution in [2.75, 3.05) is 13.7 Å². The molecule has 0 heterocycles. The standard InChI is InChI=1S/C18H31NO/c1-7-11-19-17(18(20-6)13(2)3)12-16-14(4)9-8-10-15(16)5/h8-10,13,17-19H,7,11-12H2,1-6H3. The monoisotopic (exact) mass is 277 g/mol. The molecule has 0 spiro atoms. The zero-order valence-electron chi connectivity index (χ0n) is 14.0. The van der Waals surface area contributed by atoms with Crippen LogP contribution >= 0.6 is 0 Å². The molecule has 0 aliphatic heterocycles. The van der Waals surface area contributed by atoms with Crippen LogP contribution < -0.4 is 5.32 Å². The van der Waals surface area contributed by atoms with Gasteiger partial charge in [0.15, 0.2) is 0 Å². The molecule has 2 heteroatoms. The number of hydrogen-bond acceptors (Lipinski definition) is 2. The Hall–Kier alpha value is -0.860. The maximum Gasteiger partial charge on any atom is 0.0750 e. The highest BCUT2D eigenvalue weighted by molar-refractivity contribution is 5.34. The summed E-state index contributed by atoms with van der Waals surface area (Å²) in [7, 11) is 1.83. The van der Waals surface area contributed by atoms with Gasteiger partial charge < -0.3 is 10.1 Å². The average Bonchev–Trinajstić information content (AvgIpc) is 2.39. The molecule has 0 saturated heterocycles. The van der Waals surface area contributed by atoms with Crippen molar-refractivity contribution >= 4 is 0 Å². The Bertz CT molecular complexity index is 380. The van der Waals surface area contributed by atoms with Gasteiger partial charge in [-0.25, -0.2) is 0 Å². The van der Waals surface area contributed by atoms with E-state index in [2.05, 4.69) is 58.1 Å². The summed E-state index contributed by atoms with van der Waals surface area (Å²) in [6.45, 7) is 12.1. The summed E-state index contributed by atoms with van der Waals surface area (Å²) in [5.74, 6) is 0.513. The molecule has 114 valence electrons. The van der Waals surface area contributed by atoms with E-state index in [0.29, 0.717) is 12.0 Å². The van der Waals surface area contributed by atoms with Crippen molar-refractivity contribution in [2.24, 2.45) is 5.92 Å². The van der Waals surface area contributed by atoms with Crippen LogP contribution in [0.4, 0.5) is 0 Å². The second kappa shape index (κ2) is 8.43. The first kappa shape index (κ1) is 17.2. The first-order chi connectivity index (χ1) is 9.51. The number of methoxy groups -OCH3 is 1. The van der Waals surface area contributed by atoms with Crippen molar-refractivity contribution in [3.05, 3.63) is 34.9 Å². The summed E-state index contributed by atoms with van der Waals surface area (Å²) < 4.78 is 5.76. The third kappa shape index (κ3) is 4.60. The van der Waals surface area contributed by atoms with Gasteiger partial charge in [-0.05, 0) is 55.8 Å². The first-order valence-electron chi connectivity index (χ1n) is 7.82. The molecule has 2 nitrogen and oxygen atoms in total. The molecule has 2 atom stereocenters. The van der Waals surface area contributed by atoms with Crippen molar-refractivity contribution in [3.63, 3.8) is 0 Å². The lowest BCUT2D eigenvalue weighted by Crippen LogP contribution is -2.45. The summed E-state index contributed by atoms with van der Waals surface area (Å²) in [6, 6.07) is 6.92. The molecular weight excluding hydrogens is 246 g/mol. The van der Waals surface area contributed by atoms with Crippen LogP contribution in [0.3, 0.4) is 0 Å². The van der Waals surface area contributed by atoms with Crippen LogP contribution in [-0.4, -0.2) is 25.8 Å². The SMILES string of the molecule is CCCNC(Cc1c(C)cccc1C)C(OC)C(C)C. The summed E-state index contributed by atoms with van der Waals surface area (Å²) in [6.07, 6.45) is 2.44. The molecule has 1 aromatic carbocycles. The summed E-state index contributed by atoms with van der Waals surface area (Å²) in [5.41, 5.74) is 4.22. The third-order valence-corrected chi connectivity index (χ3v) is 4.05. The minimum Gasteiger partial charge on any atom is -0.380 e. The topological polar surface area (TPSA) is 21.3 Å². The van der Waals surface area contributed by atoms with Crippen molar-refractivity contribution < 1.29 is 4.74 Å². The molecule has 1 aromatic rings. The average molecular weight is 277 g/mol. The van der Waals surface area contributed by atoms with E-state index < -0.39 is 0 Å². The number of hydrogen-bond donors (Lipinski definition) is 1. The second-order valence-corrected chi connectivity index (χ2v) is 6.08. The lowest BCUT2D eigenvalue weighted by Gasteiger charge is -2.31. The molecule has 1 rings (SSSR count). The van der Waals surface area contributed by atoms with Gasteiger partial charge in [-0.15, -0.1) is 0 Å². The predicted octanol–water partition coefficient (Wildman–Crippen LogP) is 3.89. The van der Waals surface area contributed by atoms with E-state index in [9.17, 15) is 0 Å². The Morgan fingerprint density at radius 1 is 1.15 bits per heavy atom. The maximum absolute atomic E-state index is 5.76. The Balaban J connectivity index is 2.93. The summed E-state index contributed by atoms with van der Waals surface area (Å²) in [5, 5.41) is 3.68. The highest BCUT2D eigenvalue weighted by atomic mass is 16.5. The van der Waals surface area contributed by atoms with Crippen LogP contribution in [-0.2, 0) is 11.2 Å². The van der Waals surface area contributed by atoms with Crippen LogP contribution in [0, 0.1) is 19.8 Å². The fourth-order valence-corrected chi connectivity index (χ4v) is 2.93. The fourth-order valence-electron chi connectivity index (χ4n) is 2.93. The third-order valence-electron chi connectivity index (χ3n) is 4.05. The molecular formula is C18H31NO. The molecule has 0 aromatic heterocycles. The zero-order valence-corrected chi connectivity index (χ0v) is 14.0. The Labute approximate surface area is 124 Å². The minimum absolute atomic E-state index is 0.251. The number of aryl methyl sites for hydroxylation is 2. The Morgan fingerprint density at radius 3 is 2.20 bits per heavy atom. The molecule has 0 saturated carbocycles. The number of ether oxygens (including phenoxy) is 1. The lowest BCUT2D eigenvalue weighted by molar-refractivity contribution is 0.0332. The fraction of sp³-hybridized carbons (Fsp3) is 0.667. The van der Waals surface area contributed by atoms with E-state index in [1.807, 2.05) is 7.11 Å². The van der Waals surface area contributed by atoms with E-state index in [-0.39, 0.29) is 6.10 Å². The van der Waals surface area contributed by atoms with Crippen LogP contribution in [0.15, 0.2) is 18.2 Å². The molecule has 0 bridgehead atoms. The molecule has 2 unspecified atom stereocenters. The Morgan fingerprint density at radius 2 is 1.75 bits per heavy atom. The Kier molecular flexibility index (Phi) is 7.25. The molecule has 1 N–H and O–H groups in total. The number of nitrogens with one attached hydrogen (secondary N) is 1. The lowest BCUT2D eigenvalue weighted by atomic mass is 9.90. The van der Waals surface area contributed by atoms with Gasteiger partial charge in [0.25, 0.3) is 0 Å². The molecule has 0 aliphatic carbocycles. The molecule has 0 radical (unpaired) electrons. The van der Waals surface area contributed by atoms with E-state index in [0.717, 1.165) is 19.4 Å². The van der Waals surface area contributed by atoms with Gasteiger partial charge in [-0.3, -0.25) is 0 Å². The van der Waals surface area contributed by atoms with Gasteiger partial charge in [-0.1, -0.05) is 39.0 Å². The van der Waals surface area contributed by atoms with Gasteiger partial charge in [0.2, 0.25) is 0 Å². The van der Waals surface area contributed by atoms with Crippen LogP contribution in [0.5, 0.6) is 0 Å². The van der Waals surface area contributed by atoms with E-state index in [4.69, 9.17) is 4.74 Å². The summed E-state index contributed by atoms with van der Waals surface area (Å²) >= 11 is 0. The van der Waals surface area contributed by atoms with Crippen molar-refractivity contribution in [1.29, 1.82) is 0 Å². The van der Waals surface area contributed by atoms with Gasteiger partial charge in [-0.2, -0.15) is 0 Å².